The van der Waals surface area contributed by atoms with Gasteiger partial charge in [0, 0.05) is 6.04 Å². The van der Waals surface area contributed by atoms with Crippen LogP contribution in [-0.4, -0.2) is 6.04 Å². The zero-order valence-corrected chi connectivity index (χ0v) is 13.2. The van der Waals surface area contributed by atoms with E-state index in [0.717, 1.165) is 11.5 Å². The Morgan fingerprint density at radius 3 is 2.57 bits per heavy atom. The van der Waals surface area contributed by atoms with Crippen LogP contribution in [0.3, 0.4) is 0 Å². The normalized spacial score (nSPS) is 24.0. The van der Waals surface area contributed by atoms with Crippen LogP contribution in [0.25, 0.3) is 0 Å². The number of unbranched alkanes of at least 4 members (excludes halogenated alkanes) is 1. The van der Waals surface area contributed by atoms with Gasteiger partial charge in [0.25, 0.3) is 0 Å². The Morgan fingerprint density at radius 2 is 1.95 bits per heavy atom. The van der Waals surface area contributed by atoms with E-state index >= 15 is 0 Å². The topological polar surface area (TPSA) is 38.0 Å². The smallest absolute Gasteiger partial charge is 0.126 e. The molecule has 118 valence electrons. The van der Waals surface area contributed by atoms with Crippen LogP contribution in [0.4, 0.5) is 4.39 Å². The second-order valence-electron chi connectivity index (χ2n) is 6.49. The minimum Gasteiger partial charge on any atom is -0.271 e. The van der Waals surface area contributed by atoms with Crippen LogP contribution >= 0.6 is 0 Å². The largest absolute Gasteiger partial charge is 0.271 e. The van der Waals surface area contributed by atoms with E-state index < -0.39 is 0 Å². The minimum atomic E-state index is -0.116. The molecule has 1 aliphatic carbocycles. The van der Waals surface area contributed by atoms with Crippen LogP contribution in [0, 0.1) is 17.7 Å². The Kier molecular flexibility index (Phi) is 6.65. The molecule has 0 spiro atoms. The van der Waals surface area contributed by atoms with Gasteiger partial charge in [0.05, 0.1) is 0 Å². The Balaban J connectivity index is 1.86. The third-order valence-corrected chi connectivity index (χ3v) is 5.04. The molecule has 21 heavy (non-hydrogen) atoms. The van der Waals surface area contributed by atoms with E-state index in [9.17, 15) is 4.39 Å². The van der Waals surface area contributed by atoms with Crippen molar-refractivity contribution in [3.63, 3.8) is 0 Å². The van der Waals surface area contributed by atoms with E-state index in [1.165, 1.54) is 51.0 Å². The predicted molar refractivity (Wildman–Crippen MR) is 86.2 cm³/mol. The van der Waals surface area contributed by atoms with Gasteiger partial charge in [0.1, 0.15) is 5.82 Å². The second kappa shape index (κ2) is 8.50. The van der Waals surface area contributed by atoms with Crippen molar-refractivity contribution >= 4 is 0 Å². The van der Waals surface area contributed by atoms with Gasteiger partial charge < -0.3 is 0 Å². The molecular formula is C18H29FN2. The summed E-state index contributed by atoms with van der Waals surface area (Å²) in [6.45, 7) is 2.26. The lowest BCUT2D eigenvalue weighted by Gasteiger charge is -2.33. The molecule has 1 aliphatic rings. The maximum Gasteiger partial charge on any atom is 0.126 e. The maximum atomic E-state index is 13.8. The summed E-state index contributed by atoms with van der Waals surface area (Å²) in [4.78, 5) is 0. The number of hydrogen-bond acceptors (Lipinski definition) is 2. The fourth-order valence-corrected chi connectivity index (χ4v) is 3.63. The van der Waals surface area contributed by atoms with Crippen LogP contribution in [0.15, 0.2) is 24.3 Å². The number of nitrogens with two attached hydrogens (primary N) is 1. The Hall–Kier alpha value is -0.930. The average Bonchev–Trinajstić information content (AvgIpc) is 2.53. The first kappa shape index (κ1) is 16.4. The highest BCUT2D eigenvalue weighted by atomic mass is 19.1. The van der Waals surface area contributed by atoms with Crippen molar-refractivity contribution in [2.24, 2.45) is 17.7 Å². The quantitative estimate of drug-likeness (QED) is 0.584. The van der Waals surface area contributed by atoms with Crippen molar-refractivity contribution in [3.05, 3.63) is 35.6 Å². The van der Waals surface area contributed by atoms with Gasteiger partial charge in [-0.25, -0.2) is 4.39 Å². The van der Waals surface area contributed by atoms with Crippen molar-refractivity contribution in [2.75, 3.05) is 0 Å². The fourth-order valence-electron chi connectivity index (χ4n) is 3.63. The molecule has 0 saturated heterocycles. The van der Waals surface area contributed by atoms with E-state index in [0.29, 0.717) is 12.3 Å². The zero-order valence-electron chi connectivity index (χ0n) is 13.2. The number of halogens is 1. The molecule has 0 aliphatic heterocycles. The first-order valence-corrected chi connectivity index (χ1v) is 8.44. The molecular weight excluding hydrogens is 263 g/mol. The van der Waals surface area contributed by atoms with Gasteiger partial charge >= 0.3 is 0 Å². The van der Waals surface area contributed by atoms with Crippen molar-refractivity contribution in [1.82, 2.24) is 5.43 Å². The molecule has 0 radical (unpaired) electrons. The lowest BCUT2D eigenvalue weighted by molar-refractivity contribution is 0.211. The van der Waals surface area contributed by atoms with E-state index in [2.05, 4.69) is 12.3 Å². The molecule has 1 aromatic carbocycles. The third-order valence-electron chi connectivity index (χ3n) is 5.04. The summed E-state index contributed by atoms with van der Waals surface area (Å²) in [5, 5.41) is 0. The van der Waals surface area contributed by atoms with E-state index in [1.807, 2.05) is 12.1 Å². The molecule has 3 N–H and O–H groups in total. The number of hydrazine groups is 1. The van der Waals surface area contributed by atoms with Gasteiger partial charge in [0.2, 0.25) is 0 Å². The summed E-state index contributed by atoms with van der Waals surface area (Å²) >= 11 is 0. The van der Waals surface area contributed by atoms with Crippen LogP contribution < -0.4 is 11.3 Å². The van der Waals surface area contributed by atoms with Crippen LogP contribution in [0.1, 0.15) is 57.4 Å². The lowest BCUT2D eigenvalue weighted by atomic mass is 9.76. The average molecular weight is 292 g/mol. The van der Waals surface area contributed by atoms with Crippen LogP contribution in [0.2, 0.25) is 0 Å². The first-order chi connectivity index (χ1) is 10.2. The van der Waals surface area contributed by atoms with Crippen molar-refractivity contribution in [1.29, 1.82) is 0 Å². The van der Waals surface area contributed by atoms with E-state index in [-0.39, 0.29) is 11.9 Å². The molecule has 2 rings (SSSR count). The van der Waals surface area contributed by atoms with Crippen molar-refractivity contribution in [3.8, 4) is 0 Å². The molecule has 1 atom stereocenters. The van der Waals surface area contributed by atoms with Gasteiger partial charge in [-0.15, -0.1) is 0 Å². The summed E-state index contributed by atoms with van der Waals surface area (Å²) < 4.78 is 13.8. The molecule has 1 fully saturated rings. The standard InChI is InChI=1S/C18H29FN2/c1-2-3-6-14-9-11-15(12-10-14)18(21-20)13-16-7-4-5-8-17(16)19/h4-5,7-8,14-15,18,21H,2-3,6,9-13,20H2,1H3. The van der Waals surface area contributed by atoms with Crippen LogP contribution in [0.5, 0.6) is 0 Å². The molecule has 0 amide bonds. The molecule has 0 aromatic heterocycles. The third kappa shape index (κ3) is 4.79. The molecule has 0 heterocycles. The van der Waals surface area contributed by atoms with Gasteiger partial charge in [-0.3, -0.25) is 11.3 Å². The predicted octanol–water partition coefficient (Wildman–Crippen LogP) is 4.20. The minimum absolute atomic E-state index is 0.116. The van der Waals surface area contributed by atoms with Gasteiger partial charge in [-0.1, -0.05) is 57.2 Å². The monoisotopic (exact) mass is 292 g/mol. The van der Waals surface area contributed by atoms with Gasteiger partial charge in [0.15, 0.2) is 0 Å². The zero-order chi connectivity index (χ0) is 15.1. The Bertz CT molecular complexity index is 413. The first-order valence-electron chi connectivity index (χ1n) is 8.44. The summed E-state index contributed by atoms with van der Waals surface area (Å²) in [6, 6.07) is 7.22. The number of rotatable bonds is 7. The number of nitrogens with one attached hydrogen (secondary N) is 1. The van der Waals surface area contributed by atoms with E-state index in [4.69, 9.17) is 5.84 Å². The molecule has 1 aromatic rings. The van der Waals surface area contributed by atoms with Gasteiger partial charge in [-0.2, -0.15) is 0 Å². The second-order valence-corrected chi connectivity index (χ2v) is 6.49. The molecule has 2 nitrogen and oxygen atoms in total. The summed E-state index contributed by atoms with van der Waals surface area (Å²) in [5.41, 5.74) is 3.71. The van der Waals surface area contributed by atoms with E-state index in [1.54, 1.807) is 6.07 Å². The maximum absolute atomic E-state index is 13.8. The summed E-state index contributed by atoms with van der Waals surface area (Å²) in [6.07, 6.45) is 9.75. The SMILES string of the molecule is CCCCC1CCC(C(Cc2ccccc2F)NN)CC1. The highest BCUT2D eigenvalue weighted by Gasteiger charge is 2.27. The highest BCUT2D eigenvalue weighted by molar-refractivity contribution is 5.18. The van der Waals surface area contributed by atoms with Crippen LogP contribution in [-0.2, 0) is 6.42 Å². The van der Waals surface area contributed by atoms with Crippen molar-refractivity contribution in [2.45, 2.75) is 64.3 Å². The summed E-state index contributed by atoms with van der Waals surface area (Å²) in [5.74, 6) is 7.10. The lowest BCUT2D eigenvalue weighted by Crippen LogP contribution is -2.43. The van der Waals surface area contributed by atoms with Gasteiger partial charge in [-0.05, 0) is 42.7 Å². The molecule has 1 saturated carbocycles. The molecule has 3 heteroatoms. The summed E-state index contributed by atoms with van der Waals surface area (Å²) in [7, 11) is 0. The number of benzene rings is 1. The molecule has 0 bridgehead atoms. The van der Waals surface area contributed by atoms with Crippen molar-refractivity contribution < 1.29 is 4.39 Å². The molecule has 1 unspecified atom stereocenters. The fraction of sp³-hybridized carbons (Fsp3) is 0.667. The Morgan fingerprint density at radius 1 is 1.24 bits per heavy atom. The Labute approximate surface area is 128 Å². The highest BCUT2D eigenvalue weighted by Crippen LogP contribution is 2.34. The number of hydrogen-bond donors (Lipinski definition) is 2.